The van der Waals surface area contributed by atoms with Gasteiger partial charge in [0.1, 0.15) is 5.60 Å². The van der Waals surface area contributed by atoms with E-state index in [1.165, 1.54) is 16.7 Å². The molecule has 1 fully saturated rings. The first-order valence-corrected chi connectivity index (χ1v) is 7.99. The second kappa shape index (κ2) is 6.12. The van der Waals surface area contributed by atoms with E-state index in [4.69, 9.17) is 9.84 Å². The standard InChI is InChI=1S/C14H21N3O4S/c1-9-7-16(12-15-10(8-22-12)11(18)19)5-6-17(9)13(20)21-14(2,3)4/h8-9H,5-7H2,1-4H3,(H,18,19)/t9-/m0/s1. The van der Waals surface area contributed by atoms with Crippen molar-refractivity contribution in [2.75, 3.05) is 24.5 Å². The molecule has 1 amide bonds. The molecule has 1 saturated heterocycles. The Morgan fingerprint density at radius 2 is 2.09 bits per heavy atom. The molecule has 0 saturated carbocycles. The van der Waals surface area contributed by atoms with Gasteiger partial charge in [-0.2, -0.15) is 0 Å². The summed E-state index contributed by atoms with van der Waals surface area (Å²) < 4.78 is 5.40. The fourth-order valence-corrected chi connectivity index (χ4v) is 3.07. The smallest absolute Gasteiger partial charge is 0.410 e. The Labute approximate surface area is 133 Å². The van der Waals surface area contributed by atoms with Gasteiger partial charge in [0.2, 0.25) is 0 Å². The second-order valence-electron chi connectivity index (χ2n) is 6.29. The Hall–Kier alpha value is -1.83. The third-order valence-electron chi connectivity index (χ3n) is 3.24. The van der Waals surface area contributed by atoms with Crippen molar-refractivity contribution in [1.82, 2.24) is 9.88 Å². The third kappa shape index (κ3) is 3.88. The van der Waals surface area contributed by atoms with Gasteiger partial charge in [-0.25, -0.2) is 14.6 Å². The molecule has 8 heteroatoms. The molecule has 0 aliphatic carbocycles. The molecule has 2 rings (SSSR count). The number of carboxylic acids is 1. The van der Waals surface area contributed by atoms with E-state index >= 15 is 0 Å². The Kier molecular flexibility index (Phi) is 4.60. The molecule has 1 aromatic heterocycles. The number of aromatic nitrogens is 1. The van der Waals surface area contributed by atoms with E-state index in [2.05, 4.69) is 4.98 Å². The minimum absolute atomic E-state index is 0.0271. The highest BCUT2D eigenvalue weighted by Gasteiger charge is 2.31. The molecular formula is C14H21N3O4S. The first-order chi connectivity index (χ1) is 10.2. The van der Waals surface area contributed by atoms with Gasteiger partial charge in [-0.3, -0.25) is 0 Å². The van der Waals surface area contributed by atoms with Gasteiger partial charge in [-0.1, -0.05) is 0 Å². The number of rotatable bonds is 2. The molecule has 1 aliphatic rings. The van der Waals surface area contributed by atoms with Crippen LogP contribution in [0.1, 0.15) is 38.2 Å². The van der Waals surface area contributed by atoms with Crippen LogP contribution < -0.4 is 4.90 Å². The van der Waals surface area contributed by atoms with Crippen molar-refractivity contribution < 1.29 is 19.4 Å². The van der Waals surface area contributed by atoms with Gasteiger partial charge in [0.15, 0.2) is 10.8 Å². The molecule has 2 heterocycles. The van der Waals surface area contributed by atoms with E-state index in [9.17, 15) is 9.59 Å². The lowest BCUT2D eigenvalue weighted by atomic mass is 10.2. The van der Waals surface area contributed by atoms with E-state index < -0.39 is 11.6 Å². The summed E-state index contributed by atoms with van der Waals surface area (Å²) in [5.74, 6) is -1.03. The van der Waals surface area contributed by atoms with Crippen LogP contribution in [0, 0.1) is 0 Å². The molecule has 1 aromatic rings. The fourth-order valence-electron chi connectivity index (χ4n) is 2.23. The number of carboxylic acid groups (broad SMARTS) is 1. The van der Waals surface area contributed by atoms with Crippen LogP contribution in [0.4, 0.5) is 9.93 Å². The van der Waals surface area contributed by atoms with Crippen molar-refractivity contribution in [2.24, 2.45) is 0 Å². The molecule has 0 bridgehead atoms. The van der Waals surface area contributed by atoms with Crippen LogP contribution >= 0.6 is 11.3 Å². The zero-order valence-corrected chi connectivity index (χ0v) is 14.0. The third-order valence-corrected chi connectivity index (χ3v) is 4.14. The van der Waals surface area contributed by atoms with Crippen molar-refractivity contribution in [3.8, 4) is 0 Å². The highest BCUT2D eigenvalue weighted by atomic mass is 32.1. The lowest BCUT2D eigenvalue weighted by Gasteiger charge is -2.40. The predicted octanol–water partition coefficient (Wildman–Crippen LogP) is 2.29. The van der Waals surface area contributed by atoms with E-state index in [1.807, 2.05) is 32.6 Å². The van der Waals surface area contributed by atoms with Gasteiger partial charge in [-0.15, -0.1) is 11.3 Å². The molecule has 1 aliphatic heterocycles. The average molecular weight is 327 g/mol. The van der Waals surface area contributed by atoms with Crippen LogP contribution in [0.15, 0.2) is 5.38 Å². The van der Waals surface area contributed by atoms with Gasteiger partial charge in [0, 0.05) is 31.1 Å². The molecule has 22 heavy (non-hydrogen) atoms. The normalized spacial score (nSPS) is 19.2. The Balaban J connectivity index is 2.00. The van der Waals surface area contributed by atoms with Crippen molar-refractivity contribution in [3.63, 3.8) is 0 Å². The van der Waals surface area contributed by atoms with Crippen LogP contribution in [-0.4, -0.2) is 58.3 Å². The SMILES string of the molecule is C[C@H]1CN(c2nc(C(=O)O)cs2)CCN1C(=O)OC(C)(C)C. The topological polar surface area (TPSA) is 83.0 Å². The number of thiazole rings is 1. The summed E-state index contributed by atoms with van der Waals surface area (Å²) in [5, 5.41) is 11.1. The van der Waals surface area contributed by atoms with Crippen molar-refractivity contribution in [2.45, 2.75) is 39.3 Å². The maximum atomic E-state index is 12.2. The summed E-state index contributed by atoms with van der Waals surface area (Å²) in [7, 11) is 0. The summed E-state index contributed by atoms with van der Waals surface area (Å²) >= 11 is 1.31. The number of piperazine rings is 1. The van der Waals surface area contributed by atoms with Gasteiger partial charge in [-0.05, 0) is 27.7 Å². The number of aromatic carboxylic acids is 1. The van der Waals surface area contributed by atoms with Crippen LogP contribution in [0.25, 0.3) is 0 Å². The molecule has 122 valence electrons. The highest BCUT2D eigenvalue weighted by molar-refractivity contribution is 7.13. The van der Waals surface area contributed by atoms with E-state index in [1.54, 1.807) is 4.90 Å². The summed E-state index contributed by atoms with van der Waals surface area (Å²) in [6.45, 7) is 9.21. The summed E-state index contributed by atoms with van der Waals surface area (Å²) in [6, 6.07) is -0.0271. The van der Waals surface area contributed by atoms with E-state index in [0.29, 0.717) is 24.8 Å². The summed E-state index contributed by atoms with van der Waals surface area (Å²) in [4.78, 5) is 30.9. The predicted molar refractivity (Wildman–Crippen MR) is 83.7 cm³/mol. The van der Waals surface area contributed by atoms with E-state index in [0.717, 1.165) is 0 Å². The number of amides is 1. The maximum absolute atomic E-state index is 12.2. The molecule has 0 spiro atoms. The van der Waals surface area contributed by atoms with Gasteiger partial charge >= 0.3 is 12.1 Å². The summed E-state index contributed by atoms with van der Waals surface area (Å²) in [5.41, 5.74) is -0.457. The van der Waals surface area contributed by atoms with Crippen LogP contribution in [0.2, 0.25) is 0 Å². The maximum Gasteiger partial charge on any atom is 0.410 e. The largest absolute Gasteiger partial charge is 0.476 e. The lowest BCUT2D eigenvalue weighted by Crippen LogP contribution is -2.55. The minimum Gasteiger partial charge on any atom is -0.476 e. The monoisotopic (exact) mass is 327 g/mol. The van der Waals surface area contributed by atoms with Crippen molar-refractivity contribution in [3.05, 3.63) is 11.1 Å². The summed E-state index contributed by atoms with van der Waals surface area (Å²) in [6.07, 6.45) is -0.315. The van der Waals surface area contributed by atoms with Crippen LogP contribution in [-0.2, 0) is 4.74 Å². The Bertz CT molecular complexity index is 567. The zero-order valence-electron chi connectivity index (χ0n) is 13.2. The zero-order chi connectivity index (χ0) is 16.5. The minimum atomic E-state index is -1.03. The number of nitrogens with zero attached hydrogens (tertiary/aromatic N) is 3. The number of hydrogen-bond acceptors (Lipinski definition) is 6. The molecular weight excluding hydrogens is 306 g/mol. The number of carbonyl (C=O) groups is 2. The number of ether oxygens (including phenoxy) is 1. The number of anilines is 1. The van der Waals surface area contributed by atoms with Crippen molar-refractivity contribution in [1.29, 1.82) is 0 Å². The molecule has 0 radical (unpaired) electrons. The number of carbonyl (C=O) groups excluding carboxylic acids is 1. The molecule has 7 nitrogen and oxygen atoms in total. The fraction of sp³-hybridized carbons (Fsp3) is 0.643. The molecule has 0 unspecified atom stereocenters. The molecule has 1 atom stereocenters. The van der Waals surface area contributed by atoms with Crippen LogP contribution in [0.5, 0.6) is 0 Å². The van der Waals surface area contributed by atoms with Crippen molar-refractivity contribution >= 4 is 28.5 Å². The first-order valence-electron chi connectivity index (χ1n) is 7.11. The molecule has 0 aromatic carbocycles. The van der Waals surface area contributed by atoms with Gasteiger partial charge < -0.3 is 19.6 Å². The second-order valence-corrected chi connectivity index (χ2v) is 7.13. The van der Waals surface area contributed by atoms with Gasteiger partial charge in [0.05, 0.1) is 0 Å². The quantitative estimate of drug-likeness (QED) is 0.897. The highest BCUT2D eigenvalue weighted by Crippen LogP contribution is 2.24. The number of hydrogen-bond donors (Lipinski definition) is 1. The first kappa shape index (κ1) is 16.5. The Morgan fingerprint density at radius 3 is 2.59 bits per heavy atom. The lowest BCUT2D eigenvalue weighted by molar-refractivity contribution is 0.0159. The van der Waals surface area contributed by atoms with E-state index in [-0.39, 0.29) is 17.8 Å². The Morgan fingerprint density at radius 1 is 1.41 bits per heavy atom. The molecule has 1 N–H and O–H groups in total. The van der Waals surface area contributed by atoms with Crippen LogP contribution in [0.3, 0.4) is 0 Å². The average Bonchev–Trinajstić information content (AvgIpc) is 2.85. The van der Waals surface area contributed by atoms with Gasteiger partial charge in [0.25, 0.3) is 0 Å².